The van der Waals surface area contributed by atoms with Gasteiger partial charge in [0.15, 0.2) is 0 Å². The van der Waals surface area contributed by atoms with Gasteiger partial charge in [-0.25, -0.2) is 15.0 Å². The van der Waals surface area contributed by atoms with E-state index in [0.29, 0.717) is 0 Å². The van der Waals surface area contributed by atoms with Crippen LogP contribution in [0.15, 0.2) is 30.6 Å². The van der Waals surface area contributed by atoms with Gasteiger partial charge in [0.25, 0.3) is 0 Å². The van der Waals surface area contributed by atoms with Gasteiger partial charge in [-0.2, -0.15) is 0 Å². The molecule has 0 aromatic carbocycles. The zero-order valence-electron chi connectivity index (χ0n) is 11.9. The zero-order chi connectivity index (χ0) is 14.1. The Morgan fingerprint density at radius 3 is 2.85 bits per heavy atom. The van der Waals surface area contributed by atoms with Gasteiger partial charge < -0.3 is 5.32 Å². The molecule has 1 N–H and O–H groups in total. The van der Waals surface area contributed by atoms with Crippen LogP contribution in [0.3, 0.4) is 0 Å². The van der Waals surface area contributed by atoms with Gasteiger partial charge in [-0.1, -0.05) is 6.07 Å². The number of hydrogen-bond donors (Lipinski definition) is 1. The van der Waals surface area contributed by atoms with Crippen molar-refractivity contribution in [2.45, 2.75) is 20.8 Å². The molecule has 3 heterocycles. The van der Waals surface area contributed by atoms with Crippen molar-refractivity contribution in [1.82, 2.24) is 19.4 Å². The van der Waals surface area contributed by atoms with E-state index in [2.05, 4.69) is 33.3 Å². The summed E-state index contributed by atoms with van der Waals surface area (Å²) >= 11 is 0. The number of nitrogens with zero attached hydrogens (tertiary/aromatic N) is 4. The van der Waals surface area contributed by atoms with E-state index in [1.807, 2.05) is 36.6 Å². The van der Waals surface area contributed by atoms with Crippen LogP contribution in [0, 0.1) is 13.8 Å². The first-order chi connectivity index (χ1) is 9.70. The number of aromatic nitrogens is 4. The van der Waals surface area contributed by atoms with Gasteiger partial charge in [0, 0.05) is 24.5 Å². The van der Waals surface area contributed by atoms with Gasteiger partial charge in [-0.05, 0) is 32.9 Å². The van der Waals surface area contributed by atoms with Gasteiger partial charge in [0.1, 0.15) is 17.3 Å². The van der Waals surface area contributed by atoms with E-state index in [4.69, 9.17) is 0 Å². The number of aryl methyl sites for hydroxylation is 1. The summed E-state index contributed by atoms with van der Waals surface area (Å²) < 4.78 is 2.05. The van der Waals surface area contributed by atoms with Crippen molar-refractivity contribution in [2.75, 3.05) is 11.9 Å². The van der Waals surface area contributed by atoms with Crippen molar-refractivity contribution in [3.05, 3.63) is 42.0 Å². The Morgan fingerprint density at radius 1 is 1.20 bits per heavy atom. The molecule has 0 aliphatic heterocycles. The van der Waals surface area contributed by atoms with Crippen molar-refractivity contribution in [2.24, 2.45) is 0 Å². The minimum absolute atomic E-state index is 0.763. The Bertz CT molecular complexity index is 760. The smallest absolute Gasteiger partial charge is 0.137 e. The van der Waals surface area contributed by atoms with Crippen LogP contribution < -0.4 is 5.32 Å². The predicted octanol–water partition coefficient (Wildman–Crippen LogP) is 2.84. The fourth-order valence-corrected chi connectivity index (χ4v) is 2.36. The number of hydrogen-bond acceptors (Lipinski definition) is 4. The Labute approximate surface area is 117 Å². The molecule has 0 bridgehead atoms. The lowest BCUT2D eigenvalue weighted by molar-refractivity contribution is 1.01. The molecule has 0 aliphatic carbocycles. The number of rotatable bonds is 3. The fourth-order valence-electron chi connectivity index (χ4n) is 2.36. The molecule has 3 rings (SSSR count). The molecule has 20 heavy (non-hydrogen) atoms. The maximum absolute atomic E-state index is 4.62. The number of pyridine rings is 1. The first-order valence-electron chi connectivity index (χ1n) is 6.72. The summed E-state index contributed by atoms with van der Waals surface area (Å²) in [6.45, 7) is 6.86. The Morgan fingerprint density at radius 2 is 2.05 bits per heavy atom. The second-order valence-corrected chi connectivity index (χ2v) is 4.69. The number of imidazole rings is 1. The van der Waals surface area contributed by atoms with Crippen LogP contribution in [0.2, 0.25) is 0 Å². The first kappa shape index (κ1) is 12.6. The molecule has 0 saturated carbocycles. The van der Waals surface area contributed by atoms with Crippen molar-refractivity contribution >= 4 is 11.5 Å². The normalized spacial score (nSPS) is 10.9. The molecule has 0 fully saturated rings. The predicted molar refractivity (Wildman–Crippen MR) is 79.9 cm³/mol. The largest absolute Gasteiger partial charge is 0.370 e. The lowest BCUT2D eigenvalue weighted by Gasteiger charge is -2.13. The highest BCUT2D eigenvalue weighted by molar-refractivity contribution is 5.68. The van der Waals surface area contributed by atoms with Gasteiger partial charge in [-0.3, -0.25) is 4.40 Å². The molecule has 3 aromatic heterocycles. The Hall–Kier alpha value is -2.43. The summed E-state index contributed by atoms with van der Waals surface area (Å²) in [6.07, 6.45) is 3.75. The van der Waals surface area contributed by atoms with Crippen LogP contribution in [0.1, 0.15) is 18.3 Å². The highest BCUT2D eigenvalue weighted by Gasteiger charge is 2.13. The van der Waals surface area contributed by atoms with Crippen molar-refractivity contribution in [3.8, 4) is 11.4 Å². The summed E-state index contributed by atoms with van der Waals surface area (Å²) in [5.74, 6) is 1.66. The molecule has 0 radical (unpaired) electrons. The summed E-state index contributed by atoms with van der Waals surface area (Å²) in [7, 11) is 0. The minimum atomic E-state index is 0.763. The van der Waals surface area contributed by atoms with Gasteiger partial charge in [0.2, 0.25) is 0 Å². The average Bonchev–Trinajstić information content (AvgIpc) is 2.91. The standard InChI is InChI=1S/C15H17N5/c1-4-16-15-10(2)14(18-11(3)19-15)12-6-5-7-13-17-8-9-20(12)13/h5-9H,4H2,1-3H3,(H,16,18,19). The number of fused-ring (bicyclic) bond motifs is 1. The molecule has 102 valence electrons. The summed E-state index contributed by atoms with van der Waals surface area (Å²) in [5.41, 5.74) is 3.95. The van der Waals surface area contributed by atoms with E-state index in [0.717, 1.165) is 40.8 Å². The SMILES string of the molecule is CCNc1nc(C)nc(-c2cccc3nccn23)c1C. The fraction of sp³-hybridized carbons (Fsp3) is 0.267. The highest BCUT2D eigenvalue weighted by Crippen LogP contribution is 2.26. The van der Waals surface area contributed by atoms with E-state index in [9.17, 15) is 0 Å². The molecular formula is C15H17N5. The molecular weight excluding hydrogens is 250 g/mol. The van der Waals surface area contributed by atoms with E-state index in [-0.39, 0.29) is 0 Å². The third-order valence-electron chi connectivity index (χ3n) is 3.27. The molecule has 5 nitrogen and oxygen atoms in total. The van der Waals surface area contributed by atoms with Crippen LogP contribution in [-0.2, 0) is 0 Å². The lowest BCUT2D eigenvalue weighted by atomic mass is 10.1. The molecule has 0 saturated heterocycles. The second kappa shape index (κ2) is 4.92. The number of nitrogens with one attached hydrogen (secondary N) is 1. The summed E-state index contributed by atoms with van der Waals surface area (Å²) in [6, 6.07) is 6.04. The average molecular weight is 267 g/mol. The van der Waals surface area contributed by atoms with Crippen LogP contribution in [0.25, 0.3) is 17.0 Å². The number of anilines is 1. The molecule has 0 spiro atoms. The zero-order valence-corrected chi connectivity index (χ0v) is 11.9. The van der Waals surface area contributed by atoms with E-state index in [1.54, 1.807) is 6.20 Å². The lowest BCUT2D eigenvalue weighted by Crippen LogP contribution is -2.07. The van der Waals surface area contributed by atoms with E-state index in [1.165, 1.54) is 0 Å². The van der Waals surface area contributed by atoms with Crippen LogP contribution in [0.4, 0.5) is 5.82 Å². The summed E-state index contributed by atoms with van der Waals surface area (Å²) in [4.78, 5) is 13.4. The monoisotopic (exact) mass is 267 g/mol. The van der Waals surface area contributed by atoms with Crippen molar-refractivity contribution in [3.63, 3.8) is 0 Å². The maximum atomic E-state index is 4.62. The van der Waals surface area contributed by atoms with Crippen molar-refractivity contribution < 1.29 is 0 Å². The third-order valence-corrected chi connectivity index (χ3v) is 3.27. The molecule has 0 amide bonds. The van der Waals surface area contributed by atoms with Gasteiger partial charge in [-0.15, -0.1) is 0 Å². The molecule has 0 unspecified atom stereocenters. The minimum Gasteiger partial charge on any atom is -0.370 e. The molecule has 3 aromatic rings. The van der Waals surface area contributed by atoms with E-state index < -0.39 is 0 Å². The first-order valence-corrected chi connectivity index (χ1v) is 6.72. The van der Waals surface area contributed by atoms with E-state index >= 15 is 0 Å². The Kier molecular flexibility index (Phi) is 3.10. The van der Waals surface area contributed by atoms with Crippen LogP contribution in [-0.4, -0.2) is 25.9 Å². The molecule has 5 heteroatoms. The quantitative estimate of drug-likeness (QED) is 0.792. The Balaban J connectivity index is 2.26. The third kappa shape index (κ3) is 2.01. The van der Waals surface area contributed by atoms with Gasteiger partial charge >= 0.3 is 0 Å². The van der Waals surface area contributed by atoms with Crippen LogP contribution >= 0.6 is 0 Å². The molecule has 0 atom stereocenters. The summed E-state index contributed by atoms with van der Waals surface area (Å²) in [5, 5.41) is 3.29. The topological polar surface area (TPSA) is 55.1 Å². The second-order valence-electron chi connectivity index (χ2n) is 4.69. The maximum Gasteiger partial charge on any atom is 0.137 e. The highest BCUT2D eigenvalue weighted by atomic mass is 15.1. The van der Waals surface area contributed by atoms with Crippen LogP contribution in [0.5, 0.6) is 0 Å². The van der Waals surface area contributed by atoms with Crippen molar-refractivity contribution in [1.29, 1.82) is 0 Å². The van der Waals surface area contributed by atoms with Gasteiger partial charge in [0.05, 0.1) is 11.4 Å². The molecule has 0 aliphatic rings.